The molecule has 1 amide bonds. The predicted octanol–water partition coefficient (Wildman–Crippen LogP) is 2.03. The van der Waals surface area contributed by atoms with Gasteiger partial charge in [-0.3, -0.25) is 4.90 Å². The Bertz CT molecular complexity index is 385. The molecule has 6 heteroatoms. The van der Waals surface area contributed by atoms with Crippen LogP contribution in [0.25, 0.3) is 0 Å². The van der Waals surface area contributed by atoms with E-state index in [2.05, 4.69) is 22.0 Å². The maximum Gasteiger partial charge on any atom is 0.408 e. The molecule has 0 aromatic carbocycles. The van der Waals surface area contributed by atoms with Gasteiger partial charge < -0.3 is 20.7 Å². The normalized spacial score (nSPS) is 19.1. The Kier molecular flexibility index (Phi) is 7.96. The van der Waals surface area contributed by atoms with Crippen LogP contribution < -0.4 is 11.1 Å². The minimum absolute atomic E-state index is 0.277. The van der Waals surface area contributed by atoms with Gasteiger partial charge in [0.25, 0.3) is 0 Å². The van der Waals surface area contributed by atoms with Crippen LogP contribution in [0, 0.1) is 0 Å². The largest absolute Gasteiger partial charge is 0.444 e. The number of rotatable bonds is 7. The van der Waals surface area contributed by atoms with Gasteiger partial charge in [0.1, 0.15) is 5.60 Å². The Labute approximate surface area is 148 Å². The number of nitrogens with two attached hydrogens (primary N) is 1. The van der Waals surface area contributed by atoms with E-state index in [1.807, 2.05) is 34.6 Å². The zero-order chi connectivity index (χ0) is 18.4. The third kappa shape index (κ3) is 7.81. The van der Waals surface area contributed by atoms with Crippen LogP contribution >= 0.6 is 0 Å². The molecule has 1 aliphatic rings. The molecule has 24 heavy (non-hydrogen) atoms. The summed E-state index contributed by atoms with van der Waals surface area (Å²) in [6.45, 7) is 18.0. The van der Waals surface area contributed by atoms with E-state index in [-0.39, 0.29) is 17.7 Å². The molecule has 0 bridgehead atoms. The van der Waals surface area contributed by atoms with Crippen molar-refractivity contribution in [1.29, 1.82) is 0 Å². The maximum atomic E-state index is 12.1. The van der Waals surface area contributed by atoms with Crippen LogP contribution in [-0.4, -0.2) is 72.3 Å². The number of hydrogen-bond acceptors (Lipinski definition) is 5. The second-order valence-electron chi connectivity index (χ2n) is 8.48. The predicted molar refractivity (Wildman–Crippen MR) is 99.2 cm³/mol. The first kappa shape index (κ1) is 21.2. The van der Waals surface area contributed by atoms with Gasteiger partial charge in [-0.25, -0.2) is 4.79 Å². The summed E-state index contributed by atoms with van der Waals surface area (Å²) in [4.78, 5) is 17.0. The molecular formula is C18H38N4O2. The highest BCUT2D eigenvalue weighted by molar-refractivity contribution is 5.68. The van der Waals surface area contributed by atoms with Gasteiger partial charge in [-0.2, -0.15) is 0 Å². The quantitative estimate of drug-likeness (QED) is 0.741. The minimum Gasteiger partial charge on any atom is -0.444 e. The zero-order valence-electron chi connectivity index (χ0n) is 16.5. The first-order valence-corrected chi connectivity index (χ1v) is 9.24. The van der Waals surface area contributed by atoms with Crippen LogP contribution in [0.15, 0.2) is 0 Å². The molecule has 1 rings (SSSR count). The number of nitrogens with one attached hydrogen (secondary N) is 1. The van der Waals surface area contributed by atoms with Crippen LogP contribution in [0.2, 0.25) is 0 Å². The van der Waals surface area contributed by atoms with Crippen molar-refractivity contribution in [3.8, 4) is 0 Å². The standard InChI is InChI=1S/C18H38N4O2/c1-7-8-21-9-11-22(12-10-21)15(14-19)13-18(5,6)20-16(23)24-17(2,3)4/h15H,7-14,19H2,1-6H3,(H,20,23). The van der Waals surface area contributed by atoms with Gasteiger partial charge in [-0.05, 0) is 54.0 Å². The summed E-state index contributed by atoms with van der Waals surface area (Å²) in [5.74, 6) is 0. The van der Waals surface area contributed by atoms with Crippen LogP contribution in [0.5, 0.6) is 0 Å². The van der Waals surface area contributed by atoms with Gasteiger partial charge in [0.05, 0.1) is 0 Å². The fourth-order valence-electron chi connectivity index (χ4n) is 3.25. The number of hydrogen-bond donors (Lipinski definition) is 2. The van der Waals surface area contributed by atoms with Crippen LogP contribution in [0.4, 0.5) is 4.79 Å². The lowest BCUT2D eigenvalue weighted by Gasteiger charge is -2.41. The molecule has 0 radical (unpaired) electrons. The number of piperazine rings is 1. The SMILES string of the molecule is CCCN1CCN(C(CN)CC(C)(C)NC(=O)OC(C)(C)C)CC1. The third-order valence-electron chi connectivity index (χ3n) is 4.32. The molecule has 1 fully saturated rings. The Hall–Kier alpha value is -0.850. The van der Waals surface area contributed by atoms with Crippen molar-refractivity contribution in [2.45, 2.75) is 71.6 Å². The van der Waals surface area contributed by atoms with E-state index in [0.29, 0.717) is 6.54 Å². The van der Waals surface area contributed by atoms with Crippen molar-refractivity contribution in [3.63, 3.8) is 0 Å². The number of amides is 1. The monoisotopic (exact) mass is 342 g/mol. The lowest BCUT2D eigenvalue weighted by molar-refractivity contribution is 0.0425. The molecule has 0 aromatic rings. The summed E-state index contributed by atoms with van der Waals surface area (Å²) in [5, 5.41) is 2.99. The molecule has 6 nitrogen and oxygen atoms in total. The van der Waals surface area contributed by atoms with E-state index < -0.39 is 5.60 Å². The molecular weight excluding hydrogens is 304 g/mol. The van der Waals surface area contributed by atoms with E-state index >= 15 is 0 Å². The first-order chi connectivity index (χ1) is 11.1. The summed E-state index contributed by atoms with van der Waals surface area (Å²) in [6, 6.07) is 0.277. The minimum atomic E-state index is -0.483. The lowest BCUT2D eigenvalue weighted by atomic mass is 9.94. The summed E-state index contributed by atoms with van der Waals surface area (Å²) < 4.78 is 5.37. The molecule has 0 spiro atoms. The molecule has 1 heterocycles. The number of ether oxygens (including phenoxy) is 1. The highest BCUT2D eigenvalue weighted by Crippen LogP contribution is 2.18. The summed E-state index contributed by atoms with van der Waals surface area (Å²) in [7, 11) is 0. The fourth-order valence-corrected chi connectivity index (χ4v) is 3.25. The second kappa shape index (κ2) is 9.02. The van der Waals surface area contributed by atoms with Crippen LogP contribution in [-0.2, 0) is 4.74 Å². The van der Waals surface area contributed by atoms with E-state index in [0.717, 1.165) is 32.6 Å². The average Bonchev–Trinajstić information content (AvgIpc) is 2.43. The summed E-state index contributed by atoms with van der Waals surface area (Å²) in [6.07, 6.45) is 1.65. The topological polar surface area (TPSA) is 70.8 Å². The first-order valence-electron chi connectivity index (χ1n) is 9.24. The number of alkyl carbamates (subject to hydrolysis) is 1. The van der Waals surface area contributed by atoms with Crippen molar-refractivity contribution in [3.05, 3.63) is 0 Å². The molecule has 1 unspecified atom stereocenters. The van der Waals surface area contributed by atoms with Crippen molar-refractivity contribution in [1.82, 2.24) is 15.1 Å². The van der Waals surface area contributed by atoms with E-state index in [4.69, 9.17) is 10.5 Å². The Morgan fingerprint density at radius 2 is 1.75 bits per heavy atom. The van der Waals surface area contributed by atoms with E-state index in [9.17, 15) is 4.79 Å². The van der Waals surface area contributed by atoms with Crippen LogP contribution in [0.1, 0.15) is 54.4 Å². The van der Waals surface area contributed by atoms with Gasteiger partial charge in [0.15, 0.2) is 0 Å². The van der Waals surface area contributed by atoms with Gasteiger partial charge in [-0.15, -0.1) is 0 Å². The summed E-state index contributed by atoms with van der Waals surface area (Å²) >= 11 is 0. The molecule has 3 N–H and O–H groups in total. The third-order valence-corrected chi connectivity index (χ3v) is 4.32. The number of nitrogens with zero attached hydrogens (tertiary/aromatic N) is 2. The molecule has 0 saturated carbocycles. The van der Waals surface area contributed by atoms with Crippen molar-refractivity contribution in [2.75, 3.05) is 39.3 Å². The van der Waals surface area contributed by atoms with Gasteiger partial charge in [0.2, 0.25) is 0 Å². The Balaban J connectivity index is 2.52. The fraction of sp³-hybridized carbons (Fsp3) is 0.944. The second-order valence-corrected chi connectivity index (χ2v) is 8.48. The smallest absolute Gasteiger partial charge is 0.408 e. The maximum absolute atomic E-state index is 12.1. The van der Waals surface area contributed by atoms with E-state index in [1.54, 1.807) is 0 Å². The molecule has 0 aromatic heterocycles. The Morgan fingerprint density at radius 1 is 1.17 bits per heavy atom. The van der Waals surface area contributed by atoms with Gasteiger partial charge >= 0.3 is 6.09 Å². The van der Waals surface area contributed by atoms with Crippen molar-refractivity contribution in [2.24, 2.45) is 5.73 Å². The van der Waals surface area contributed by atoms with Crippen LogP contribution in [0.3, 0.4) is 0 Å². The Morgan fingerprint density at radius 3 is 2.21 bits per heavy atom. The lowest BCUT2D eigenvalue weighted by Crippen LogP contribution is -2.56. The zero-order valence-corrected chi connectivity index (χ0v) is 16.5. The van der Waals surface area contributed by atoms with E-state index in [1.165, 1.54) is 13.0 Å². The van der Waals surface area contributed by atoms with Gasteiger partial charge in [-0.1, -0.05) is 6.92 Å². The molecule has 1 aliphatic heterocycles. The number of carbonyl (C=O) groups excluding carboxylic acids is 1. The molecule has 0 aliphatic carbocycles. The summed E-state index contributed by atoms with van der Waals surface area (Å²) in [5.41, 5.74) is 5.20. The van der Waals surface area contributed by atoms with Crippen molar-refractivity contribution >= 4 is 6.09 Å². The highest BCUT2D eigenvalue weighted by atomic mass is 16.6. The molecule has 1 saturated heterocycles. The van der Waals surface area contributed by atoms with Crippen molar-refractivity contribution < 1.29 is 9.53 Å². The highest BCUT2D eigenvalue weighted by Gasteiger charge is 2.31. The molecule has 142 valence electrons. The average molecular weight is 343 g/mol. The molecule has 1 atom stereocenters. The number of carbonyl (C=O) groups is 1. The van der Waals surface area contributed by atoms with Gasteiger partial charge in [0, 0.05) is 44.3 Å².